The van der Waals surface area contributed by atoms with Gasteiger partial charge in [-0.15, -0.1) is 0 Å². The number of rotatable bonds is 3. The molecule has 1 rings (SSSR count). The number of urea groups is 1. The lowest BCUT2D eigenvalue weighted by molar-refractivity contribution is 0.251. The van der Waals surface area contributed by atoms with Crippen LogP contribution in [0.3, 0.4) is 0 Å². The normalized spacial score (nSPS) is 10.3. The Labute approximate surface area is 101 Å². The number of nitrogens with one attached hydrogen (secondary N) is 2. The van der Waals surface area contributed by atoms with Crippen molar-refractivity contribution in [1.29, 1.82) is 0 Å². The van der Waals surface area contributed by atoms with Crippen LogP contribution in [0, 0.1) is 12.8 Å². The molecule has 0 spiro atoms. The molecule has 0 bridgehead atoms. The third-order valence-corrected chi connectivity index (χ3v) is 2.35. The van der Waals surface area contributed by atoms with Gasteiger partial charge in [-0.25, -0.2) is 4.79 Å². The molecule has 88 valence electrons. The molecule has 0 aromatic heterocycles. The Balaban J connectivity index is 2.59. The maximum atomic E-state index is 11.5. The number of hydrogen-bond donors (Lipinski definition) is 2. The Kier molecular flexibility index (Phi) is 4.62. The summed E-state index contributed by atoms with van der Waals surface area (Å²) in [6, 6.07) is 5.22. The van der Waals surface area contributed by atoms with Gasteiger partial charge in [0, 0.05) is 17.3 Å². The number of carbonyl (C=O) groups is 1. The number of hydrogen-bond acceptors (Lipinski definition) is 1. The van der Waals surface area contributed by atoms with Gasteiger partial charge in [-0.1, -0.05) is 31.5 Å². The highest BCUT2D eigenvalue weighted by Gasteiger charge is 2.05. The van der Waals surface area contributed by atoms with Crippen LogP contribution in [0.15, 0.2) is 18.2 Å². The molecule has 0 unspecified atom stereocenters. The first-order valence-corrected chi connectivity index (χ1v) is 5.68. The summed E-state index contributed by atoms with van der Waals surface area (Å²) in [5.74, 6) is 0.436. The van der Waals surface area contributed by atoms with Crippen LogP contribution in [0.25, 0.3) is 0 Å². The average molecular weight is 241 g/mol. The molecule has 0 aliphatic rings. The number of halogens is 1. The van der Waals surface area contributed by atoms with E-state index < -0.39 is 0 Å². The van der Waals surface area contributed by atoms with Crippen molar-refractivity contribution in [3.05, 3.63) is 28.8 Å². The van der Waals surface area contributed by atoms with Gasteiger partial charge in [-0.2, -0.15) is 0 Å². The fourth-order valence-corrected chi connectivity index (χ4v) is 1.36. The van der Waals surface area contributed by atoms with Crippen molar-refractivity contribution in [3.8, 4) is 0 Å². The summed E-state index contributed by atoms with van der Waals surface area (Å²) in [6.45, 7) is 6.68. The largest absolute Gasteiger partial charge is 0.338 e. The van der Waals surface area contributed by atoms with Gasteiger partial charge >= 0.3 is 6.03 Å². The lowest BCUT2D eigenvalue weighted by atomic mass is 10.2. The van der Waals surface area contributed by atoms with Crippen LogP contribution in [-0.4, -0.2) is 12.6 Å². The van der Waals surface area contributed by atoms with Crippen molar-refractivity contribution < 1.29 is 4.79 Å². The van der Waals surface area contributed by atoms with Gasteiger partial charge in [0.15, 0.2) is 0 Å². The van der Waals surface area contributed by atoms with Crippen molar-refractivity contribution in [1.82, 2.24) is 5.32 Å². The first kappa shape index (κ1) is 12.8. The first-order chi connectivity index (χ1) is 7.49. The van der Waals surface area contributed by atoms with Gasteiger partial charge in [0.05, 0.1) is 0 Å². The highest BCUT2D eigenvalue weighted by atomic mass is 35.5. The molecule has 0 aliphatic heterocycles. The molecular formula is C12H17ClN2O. The highest BCUT2D eigenvalue weighted by molar-refractivity contribution is 6.31. The zero-order valence-electron chi connectivity index (χ0n) is 9.80. The molecule has 2 amide bonds. The summed E-state index contributed by atoms with van der Waals surface area (Å²) in [5.41, 5.74) is 1.73. The van der Waals surface area contributed by atoms with Gasteiger partial charge in [-0.3, -0.25) is 0 Å². The Morgan fingerprint density at radius 1 is 1.44 bits per heavy atom. The van der Waals surface area contributed by atoms with Crippen LogP contribution in [0.5, 0.6) is 0 Å². The van der Waals surface area contributed by atoms with Crippen molar-refractivity contribution in [2.45, 2.75) is 20.8 Å². The zero-order chi connectivity index (χ0) is 12.1. The smallest absolute Gasteiger partial charge is 0.319 e. The van der Waals surface area contributed by atoms with Gasteiger partial charge in [0.1, 0.15) is 0 Å². The maximum Gasteiger partial charge on any atom is 0.319 e. The molecule has 3 nitrogen and oxygen atoms in total. The third-order valence-electron chi connectivity index (χ3n) is 2.12. The van der Waals surface area contributed by atoms with E-state index in [1.54, 1.807) is 12.1 Å². The van der Waals surface area contributed by atoms with Gasteiger partial charge in [0.2, 0.25) is 0 Å². The van der Waals surface area contributed by atoms with E-state index in [0.717, 1.165) is 11.3 Å². The molecule has 0 aliphatic carbocycles. The van der Waals surface area contributed by atoms with Gasteiger partial charge in [0.25, 0.3) is 0 Å². The lowest BCUT2D eigenvalue weighted by Gasteiger charge is -2.11. The minimum Gasteiger partial charge on any atom is -0.338 e. The molecule has 0 saturated carbocycles. The molecule has 0 atom stereocenters. The molecule has 16 heavy (non-hydrogen) atoms. The Morgan fingerprint density at radius 2 is 2.12 bits per heavy atom. The van der Waals surface area contributed by atoms with E-state index in [0.29, 0.717) is 17.5 Å². The monoisotopic (exact) mass is 240 g/mol. The van der Waals surface area contributed by atoms with Crippen LogP contribution >= 0.6 is 11.6 Å². The average Bonchev–Trinajstić information content (AvgIpc) is 2.20. The summed E-state index contributed by atoms with van der Waals surface area (Å²) < 4.78 is 0. The topological polar surface area (TPSA) is 41.1 Å². The molecule has 1 aromatic carbocycles. The summed E-state index contributed by atoms with van der Waals surface area (Å²) in [4.78, 5) is 11.5. The molecule has 0 saturated heterocycles. The second kappa shape index (κ2) is 5.75. The summed E-state index contributed by atoms with van der Waals surface area (Å²) in [6.07, 6.45) is 0. The molecule has 2 N–H and O–H groups in total. The lowest BCUT2D eigenvalue weighted by Crippen LogP contribution is -2.31. The Hall–Kier alpha value is -1.22. The third kappa shape index (κ3) is 4.11. The Bertz CT molecular complexity index is 377. The van der Waals surface area contributed by atoms with Crippen LogP contribution in [-0.2, 0) is 0 Å². The second-order valence-corrected chi connectivity index (χ2v) is 4.62. The Morgan fingerprint density at radius 3 is 2.75 bits per heavy atom. The minimum absolute atomic E-state index is 0.195. The van der Waals surface area contributed by atoms with E-state index in [-0.39, 0.29) is 6.03 Å². The van der Waals surface area contributed by atoms with Crippen LogP contribution in [0.2, 0.25) is 5.02 Å². The number of carbonyl (C=O) groups excluding carboxylic acids is 1. The summed E-state index contributed by atoms with van der Waals surface area (Å²) in [5, 5.41) is 6.17. The number of aryl methyl sites for hydroxylation is 1. The molecule has 0 heterocycles. The predicted molar refractivity (Wildman–Crippen MR) is 68.0 cm³/mol. The molecular weight excluding hydrogens is 224 g/mol. The standard InChI is InChI=1S/C12H17ClN2O/c1-8(2)7-14-12(16)15-11-6-10(13)5-4-9(11)3/h4-6,8H,7H2,1-3H3,(H2,14,15,16). The fourth-order valence-electron chi connectivity index (χ4n) is 1.19. The molecule has 0 fully saturated rings. The SMILES string of the molecule is Cc1ccc(Cl)cc1NC(=O)NCC(C)C. The second-order valence-electron chi connectivity index (χ2n) is 4.19. The van der Waals surface area contributed by atoms with E-state index in [1.165, 1.54) is 0 Å². The van der Waals surface area contributed by atoms with Crippen molar-refractivity contribution >= 4 is 23.3 Å². The van der Waals surface area contributed by atoms with E-state index in [2.05, 4.69) is 10.6 Å². The molecule has 4 heteroatoms. The number of anilines is 1. The highest BCUT2D eigenvalue weighted by Crippen LogP contribution is 2.19. The van der Waals surface area contributed by atoms with Crippen LogP contribution in [0.4, 0.5) is 10.5 Å². The van der Waals surface area contributed by atoms with Crippen LogP contribution in [0.1, 0.15) is 19.4 Å². The molecule has 1 aromatic rings. The van der Waals surface area contributed by atoms with Crippen molar-refractivity contribution in [2.24, 2.45) is 5.92 Å². The molecule has 0 radical (unpaired) electrons. The number of benzene rings is 1. The van der Waals surface area contributed by atoms with E-state index in [1.807, 2.05) is 26.8 Å². The zero-order valence-corrected chi connectivity index (χ0v) is 10.6. The minimum atomic E-state index is -0.195. The van der Waals surface area contributed by atoms with Gasteiger partial charge < -0.3 is 10.6 Å². The fraction of sp³-hybridized carbons (Fsp3) is 0.417. The van der Waals surface area contributed by atoms with E-state index >= 15 is 0 Å². The quantitative estimate of drug-likeness (QED) is 0.835. The van der Waals surface area contributed by atoms with E-state index in [4.69, 9.17) is 11.6 Å². The van der Waals surface area contributed by atoms with Crippen molar-refractivity contribution in [3.63, 3.8) is 0 Å². The summed E-state index contributed by atoms with van der Waals surface area (Å²) in [7, 11) is 0. The summed E-state index contributed by atoms with van der Waals surface area (Å²) >= 11 is 5.86. The van der Waals surface area contributed by atoms with Gasteiger partial charge in [-0.05, 0) is 30.5 Å². The predicted octanol–water partition coefficient (Wildman–Crippen LogP) is 3.43. The van der Waals surface area contributed by atoms with Crippen LogP contribution < -0.4 is 10.6 Å². The van der Waals surface area contributed by atoms with Crippen molar-refractivity contribution in [2.75, 3.05) is 11.9 Å². The van der Waals surface area contributed by atoms with E-state index in [9.17, 15) is 4.79 Å². The maximum absolute atomic E-state index is 11.5. The number of amides is 2. The first-order valence-electron chi connectivity index (χ1n) is 5.30.